The lowest BCUT2D eigenvalue weighted by Crippen LogP contribution is -2.21. The van der Waals surface area contributed by atoms with Crippen LogP contribution in [0.3, 0.4) is 0 Å². The molecule has 4 aromatic carbocycles. The van der Waals surface area contributed by atoms with E-state index in [-0.39, 0.29) is 0 Å². The van der Waals surface area contributed by atoms with E-state index in [1.807, 2.05) is 0 Å². The molecule has 0 fully saturated rings. The molecule has 0 saturated heterocycles. The topological polar surface area (TPSA) is 54.4 Å². The molecule has 0 saturated carbocycles. The average Bonchev–Trinajstić information content (AvgIpc) is 2.79. The molecule has 0 radical (unpaired) electrons. The first-order valence-electron chi connectivity index (χ1n) is 9.51. The molecular formula is C25H19F3O3S. The van der Waals surface area contributed by atoms with Gasteiger partial charge in [-0.05, 0) is 33.4 Å². The van der Waals surface area contributed by atoms with Crippen molar-refractivity contribution in [1.29, 1.82) is 0 Å². The Morgan fingerprint density at radius 3 is 1.16 bits per heavy atom. The van der Waals surface area contributed by atoms with Crippen molar-refractivity contribution in [3.05, 3.63) is 109 Å². The molecule has 0 amide bonds. The van der Waals surface area contributed by atoms with Gasteiger partial charge in [0.1, 0.15) is 0 Å². The number of halogens is 3. The summed E-state index contributed by atoms with van der Waals surface area (Å²) in [5, 5.41) is 0. The number of alkyl halides is 3. The smallest absolute Gasteiger partial charge is 0.279 e. The quantitative estimate of drug-likeness (QED) is 0.265. The normalized spacial score (nSPS) is 11.4. The predicted molar refractivity (Wildman–Crippen MR) is 120 cm³/mol. The molecule has 3 nitrogen and oxygen atoms in total. The van der Waals surface area contributed by atoms with Crippen molar-refractivity contribution < 1.29 is 26.1 Å². The van der Waals surface area contributed by atoms with Crippen LogP contribution in [0.25, 0.3) is 33.4 Å². The molecule has 0 aliphatic rings. The van der Waals surface area contributed by atoms with Crippen LogP contribution in [0.1, 0.15) is 0 Å². The molecule has 0 aromatic heterocycles. The van der Waals surface area contributed by atoms with Gasteiger partial charge in [0, 0.05) is 0 Å². The van der Waals surface area contributed by atoms with Crippen molar-refractivity contribution >= 4 is 10.1 Å². The molecule has 0 bridgehead atoms. The third-order valence-corrected chi connectivity index (χ3v) is 5.17. The third kappa shape index (κ3) is 5.63. The van der Waals surface area contributed by atoms with Crippen LogP contribution in [0.5, 0.6) is 0 Å². The second kappa shape index (κ2) is 9.80. The van der Waals surface area contributed by atoms with E-state index in [0.29, 0.717) is 0 Å². The van der Waals surface area contributed by atoms with Crippen LogP contribution in [0.4, 0.5) is 13.2 Å². The first kappa shape index (κ1) is 23.2. The predicted octanol–water partition coefficient (Wildman–Crippen LogP) is 7.08. The fraction of sp³-hybridized carbons (Fsp3) is 0.0400. The zero-order valence-corrected chi connectivity index (χ0v) is 17.5. The van der Waals surface area contributed by atoms with E-state index < -0.39 is 15.6 Å². The second-order valence-corrected chi connectivity index (χ2v) is 8.16. The fourth-order valence-electron chi connectivity index (χ4n) is 3.18. The minimum atomic E-state index is -5.84. The van der Waals surface area contributed by atoms with Gasteiger partial charge in [0.2, 0.25) is 0 Å². The van der Waals surface area contributed by atoms with Gasteiger partial charge < -0.3 is 0 Å². The van der Waals surface area contributed by atoms with Gasteiger partial charge in [-0.15, -0.1) is 0 Å². The highest BCUT2D eigenvalue weighted by molar-refractivity contribution is 7.86. The minimum absolute atomic E-state index is 1.24. The van der Waals surface area contributed by atoms with E-state index in [9.17, 15) is 13.2 Å². The van der Waals surface area contributed by atoms with Crippen LogP contribution < -0.4 is 0 Å². The summed E-state index contributed by atoms with van der Waals surface area (Å²) < 4.78 is 57.5. The van der Waals surface area contributed by atoms with E-state index in [1.165, 1.54) is 33.4 Å². The van der Waals surface area contributed by atoms with Gasteiger partial charge >= 0.3 is 15.6 Å². The maximum Gasteiger partial charge on any atom is 0.522 e. The molecule has 0 atom stereocenters. The van der Waals surface area contributed by atoms with E-state index in [0.717, 1.165) is 0 Å². The molecule has 4 aromatic rings. The van der Waals surface area contributed by atoms with Crippen molar-refractivity contribution in [3.63, 3.8) is 0 Å². The van der Waals surface area contributed by atoms with Crippen LogP contribution in [-0.4, -0.2) is 18.5 Å². The van der Waals surface area contributed by atoms with Gasteiger partial charge in [0.15, 0.2) is 0 Å². The highest BCUT2D eigenvalue weighted by Gasteiger charge is 2.44. The zero-order valence-electron chi connectivity index (χ0n) is 16.7. The molecule has 0 aliphatic carbocycles. The van der Waals surface area contributed by atoms with E-state index >= 15 is 0 Å². The summed E-state index contributed by atoms with van der Waals surface area (Å²) in [5.41, 5.74) is 2.02. The third-order valence-electron chi connectivity index (χ3n) is 4.59. The molecule has 32 heavy (non-hydrogen) atoms. The van der Waals surface area contributed by atoms with Gasteiger partial charge in [0.25, 0.3) is 0 Å². The van der Waals surface area contributed by atoms with Crippen molar-refractivity contribution in [2.24, 2.45) is 0 Å². The van der Waals surface area contributed by atoms with Gasteiger partial charge in [-0.1, -0.05) is 109 Å². The fourth-order valence-corrected chi connectivity index (χ4v) is 3.18. The SMILES string of the molecule is O=S(=O)(O)C(F)(F)F.c1ccc(-c2cccc(-c3ccccc3)c2-c2ccccc2)cc1. The Kier molecular flexibility index (Phi) is 7.12. The molecule has 164 valence electrons. The average molecular weight is 456 g/mol. The maximum absolute atomic E-state index is 10.7. The minimum Gasteiger partial charge on any atom is -0.279 e. The lowest BCUT2D eigenvalue weighted by Gasteiger charge is -2.16. The molecule has 4 rings (SSSR count). The number of benzene rings is 4. The highest BCUT2D eigenvalue weighted by atomic mass is 32.2. The van der Waals surface area contributed by atoms with Gasteiger partial charge in [-0.2, -0.15) is 21.6 Å². The standard InChI is InChI=1S/C24H18.CHF3O3S/c1-4-11-19(12-5-1)22-17-10-18-23(20-13-6-2-7-14-20)24(22)21-15-8-3-9-16-21;2-1(3,4)8(5,6)7/h1-18H;(H,5,6,7). The Hall–Kier alpha value is -3.42. The van der Waals surface area contributed by atoms with Crippen molar-refractivity contribution in [3.8, 4) is 33.4 Å². The van der Waals surface area contributed by atoms with Gasteiger partial charge in [-0.3, -0.25) is 4.55 Å². The first-order valence-corrected chi connectivity index (χ1v) is 11.0. The maximum atomic E-state index is 10.7. The summed E-state index contributed by atoms with van der Waals surface area (Å²) >= 11 is 0. The Morgan fingerprint density at radius 2 is 0.844 bits per heavy atom. The summed E-state index contributed by atoms with van der Waals surface area (Å²) in [6.07, 6.45) is 0. The monoisotopic (exact) mass is 456 g/mol. The summed E-state index contributed by atoms with van der Waals surface area (Å²) in [4.78, 5) is 0. The second-order valence-electron chi connectivity index (χ2n) is 6.75. The Bertz CT molecular complexity index is 1200. The highest BCUT2D eigenvalue weighted by Crippen LogP contribution is 2.39. The van der Waals surface area contributed by atoms with Crippen molar-refractivity contribution in [1.82, 2.24) is 0 Å². The first-order chi connectivity index (χ1) is 15.2. The zero-order chi connectivity index (χ0) is 23.2. The lowest BCUT2D eigenvalue weighted by molar-refractivity contribution is -0.0510. The molecular weight excluding hydrogens is 437 g/mol. The molecule has 0 unspecified atom stereocenters. The van der Waals surface area contributed by atoms with Gasteiger partial charge in [0.05, 0.1) is 0 Å². The Balaban J connectivity index is 0.000000312. The Morgan fingerprint density at radius 1 is 0.531 bits per heavy atom. The lowest BCUT2D eigenvalue weighted by atomic mass is 9.88. The summed E-state index contributed by atoms with van der Waals surface area (Å²) in [6.45, 7) is 0. The van der Waals surface area contributed by atoms with E-state index in [1.54, 1.807) is 0 Å². The van der Waals surface area contributed by atoms with Crippen LogP contribution >= 0.6 is 0 Å². The molecule has 0 spiro atoms. The van der Waals surface area contributed by atoms with Crippen molar-refractivity contribution in [2.45, 2.75) is 5.51 Å². The van der Waals surface area contributed by atoms with Gasteiger partial charge in [-0.25, -0.2) is 0 Å². The number of rotatable bonds is 3. The van der Waals surface area contributed by atoms with Crippen LogP contribution in [0, 0.1) is 0 Å². The summed E-state index contributed by atoms with van der Waals surface area (Å²) in [7, 11) is -5.84. The van der Waals surface area contributed by atoms with Crippen LogP contribution in [-0.2, 0) is 10.1 Å². The molecule has 0 heterocycles. The van der Waals surface area contributed by atoms with Crippen LogP contribution in [0.15, 0.2) is 109 Å². The number of hydrogen-bond acceptors (Lipinski definition) is 2. The van der Waals surface area contributed by atoms with E-state index in [4.69, 9.17) is 13.0 Å². The summed E-state index contributed by atoms with van der Waals surface area (Å²) in [6, 6.07) is 38.4. The molecule has 1 N–H and O–H groups in total. The Labute approximate surface area is 184 Å². The number of hydrogen-bond donors (Lipinski definition) is 1. The molecule has 0 aliphatic heterocycles. The summed E-state index contributed by atoms with van der Waals surface area (Å²) in [5.74, 6) is 0. The molecule has 7 heteroatoms. The van der Waals surface area contributed by atoms with Crippen LogP contribution in [0.2, 0.25) is 0 Å². The van der Waals surface area contributed by atoms with Crippen molar-refractivity contribution in [2.75, 3.05) is 0 Å². The largest absolute Gasteiger partial charge is 0.522 e. The van der Waals surface area contributed by atoms with E-state index in [2.05, 4.69) is 109 Å².